The summed E-state index contributed by atoms with van der Waals surface area (Å²) in [6.07, 6.45) is 3.54. The zero-order valence-electron chi connectivity index (χ0n) is 32.4. The Labute approximate surface area is 309 Å². The Morgan fingerprint density at radius 2 is 1.67 bits per heavy atom. The predicted molar refractivity (Wildman–Crippen MR) is 216 cm³/mol. The van der Waals surface area contributed by atoms with Gasteiger partial charge in [-0.25, -0.2) is 4.79 Å². The van der Waals surface area contributed by atoms with Crippen LogP contribution in [-0.4, -0.2) is 90.0 Å². The van der Waals surface area contributed by atoms with E-state index in [1.54, 1.807) is 4.57 Å². The van der Waals surface area contributed by atoms with E-state index >= 15 is 0 Å². The standard InChI is InChI=1S/C21H29N7O.C19H33N3O/c1-21(2,3)17-11-15-13-28(20(29)27-18(15)26-17)16-7-5-14(6-8-16)12-24-9-4-10-25-19(22)23;1-19(2,3)17-12-16(15-21(4)8-5-11-23)13-18(14-17)22-9-6-20-7-10-22/h5-8,11,13,24H,4,9-10,12H2,1-3H3,(H4,22,23,25)(H,26,27,29);12-14,20,23H,5-11,15H2,1-4H3. The van der Waals surface area contributed by atoms with Crippen molar-refractivity contribution in [2.24, 2.45) is 16.5 Å². The van der Waals surface area contributed by atoms with E-state index in [2.05, 4.69) is 108 Å². The number of hydrogen-bond acceptors (Lipinski definition) is 8. The van der Waals surface area contributed by atoms with Crippen LogP contribution in [-0.2, 0) is 23.9 Å². The number of aliphatic imine (C=N–C) groups is 1. The first kappa shape index (κ1) is 40.5. The third-order valence-electron chi connectivity index (χ3n) is 9.14. The van der Waals surface area contributed by atoms with Crippen molar-refractivity contribution in [3.05, 3.63) is 87.6 Å². The third-order valence-corrected chi connectivity index (χ3v) is 9.14. The van der Waals surface area contributed by atoms with Gasteiger partial charge in [-0.05, 0) is 78.9 Å². The van der Waals surface area contributed by atoms with Crippen LogP contribution in [0.4, 0.5) is 5.69 Å². The fraction of sp³-hybridized carbons (Fsp3) is 0.525. The van der Waals surface area contributed by atoms with E-state index in [1.807, 2.05) is 30.5 Å². The molecule has 0 radical (unpaired) electrons. The van der Waals surface area contributed by atoms with E-state index in [9.17, 15) is 4.79 Å². The molecule has 12 heteroatoms. The highest BCUT2D eigenvalue weighted by atomic mass is 16.3. The van der Waals surface area contributed by atoms with Crippen molar-refractivity contribution in [3.8, 4) is 5.69 Å². The molecule has 0 atom stereocenters. The maximum Gasteiger partial charge on any atom is 0.354 e. The maximum absolute atomic E-state index is 12.5. The van der Waals surface area contributed by atoms with E-state index in [0.717, 1.165) is 87.5 Å². The van der Waals surface area contributed by atoms with Gasteiger partial charge in [0.15, 0.2) is 5.96 Å². The summed E-state index contributed by atoms with van der Waals surface area (Å²) in [7, 11) is 2.13. The van der Waals surface area contributed by atoms with Crippen LogP contribution in [0.2, 0.25) is 0 Å². The van der Waals surface area contributed by atoms with E-state index in [4.69, 9.17) is 16.6 Å². The van der Waals surface area contributed by atoms with Crippen LogP contribution < -0.4 is 32.7 Å². The lowest BCUT2D eigenvalue weighted by Crippen LogP contribution is -2.43. The van der Waals surface area contributed by atoms with Crippen molar-refractivity contribution in [1.29, 1.82) is 0 Å². The number of benzene rings is 2. The molecule has 0 saturated carbocycles. The van der Waals surface area contributed by atoms with Crippen molar-refractivity contribution in [1.82, 2.24) is 30.1 Å². The SMILES string of the molecule is CC(C)(C)c1cc2cn(-c3ccc(CNCCCN=C(N)N)cc3)c(=O)nc2[nH]1.CN(CCCO)Cc1cc(N2CCNCC2)cc(C(C)(C)C)c1. The highest BCUT2D eigenvalue weighted by molar-refractivity contribution is 5.76. The molecule has 1 aliphatic heterocycles. The molecule has 284 valence electrons. The molecule has 2 aromatic carbocycles. The number of hydrogen-bond donors (Lipinski definition) is 6. The topological polar surface area (TPSA) is 166 Å². The Bertz CT molecular complexity index is 1790. The number of nitrogens with two attached hydrogens (primary N) is 2. The molecule has 5 rings (SSSR count). The maximum atomic E-state index is 12.5. The van der Waals surface area contributed by atoms with Gasteiger partial charge in [-0.15, -0.1) is 0 Å². The summed E-state index contributed by atoms with van der Waals surface area (Å²) in [6, 6.07) is 17.0. The number of aliphatic hydroxyl groups excluding tert-OH is 1. The average Bonchev–Trinajstić information content (AvgIpc) is 3.53. The smallest absolute Gasteiger partial charge is 0.354 e. The molecule has 1 saturated heterocycles. The fourth-order valence-electron chi connectivity index (χ4n) is 6.04. The molecule has 0 spiro atoms. The predicted octanol–water partition coefficient (Wildman–Crippen LogP) is 3.97. The van der Waals surface area contributed by atoms with Gasteiger partial charge in [0.25, 0.3) is 0 Å². The van der Waals surface area contributed by atoms with Crippen molar-refractivity contribution in [3.63, 3.8) is 0 Å². The van der Waals surface area contributed by atoms with Crippen LogP contribution in [0.25, 0.3) is 16.7 Å². The van der Waals surface area contributed by atoms with Crippen LogP contribution in [0.3, 0.4) is 0 Å². The number of aliphatic hydroxyl groups is 1. The molecule has 2 aromatic heterocycles. The number of anilines is 1. The third kappa shape index (κ3) is 12.2. The quantitative estimate of drug-likeness (QED) is 0.0683. The first-order chi connectivity index (χ1) is 24.6. The molecule has 4 aromatic rings. The van der Waals surface area contributed by atoms with Crippen LogP contribution in [0.5, 0.6) is 0 Å². The Balaban J connectivity index is 0.000000239. The monoisotopic (exact) mass is 715 g/mol. The highest BCUT2D eigenvalue weighted by Crippen LogP contribution is 2.29. The average molecular weight is 715 g/mol. The van der Waals surface area contributed by atoms with Gasteiger partial charge in [-0.3, -0.25) is 9.56 Å². The molecule has 0 amide bonds. The first-order valence-electron chi connectivity index (χ1n) is 18.5. The number of nitrogens with one attached hydrogen (secondary N) is 3. The zero-order chi connectivity index (χ0) is 37.9. The molecule has 1 aliphatic rings. The minimum absolute atomic E-state index is 0.0352. The summed E-state index contributed by atoms with van der Waals surface area (Å²) >= 11 is 0. The molecular formula is C40H62N10O2. The molecule has 3 heterocycles. The molecule has 0 aliphatic carbocycles. The lowest BCUT2D eigenvalue weighted by Gasteiger charge is -2.32. The molecule has 0 bridgehead atoms. The highest BCUT2D eigenvalue weighted by Gasteiger charge is 2.20. The number of aromatic nitrogens is 3. The fourth-order valence-corrected chi connectivity index (χ4v) is 6.04. The van der Waals surface area contributed by atoms with Gasteiger partial charge in [0.1, 0.15) is 5.65 Å². The van der Waals surface area contributed by atoms with Crippen LogP contribution in [0, 0.1) is 0 Å². The molecule has 1 fully saturated rings. The molecule has 0 unspecified atom stereocenters. The van der Waals surface area contributed by atoms with Gasteiger partial charge in [0, 0.05) is 87.3 Å². The number of guanidine groups is 1. The summed E-state index contributed by atoms with van der Waals surface area (Å²) in [5.74, 6) is 0.123. The van der Waals surface area contributed by atoms with Gasteiger partial charge < -0.3 is 42.0 Å². The first-order valence-corrected chi connectivity index (χ1v) is 18.5. The van der Waals surface area contributed by atoms with Crippen molar-refractivity contribution >= 4 is 22.7 Å². The van der Waals surface area contributed by atoms with Crippen LogP contribution in [0.1, 0.15) is 76.8 Å². The van der Waals surface area contributed by atoms with Gasteiger partial charge in [0.05, 0.1) is 5.69 Å². The number of fused-ring (bicyclic) bond motifs is 1. The Hall–Kier alpha value is -4.23. The van der Waals surface area contributed by atoms with Gasteiger partial charge in [0.2, 0.25) is 0 Å². The number of rotatable bonds is 13. The van der Waals surface area contributed by atoms with Crippen LogP contribution >= 0.6 is 0 Å². The minimum atomic E-state index is -0.301. The second kappa shape index (κ2) is 18.5. The van der Waals surface area contributed by atoms with E-state index in [-0.39, 0.29) is 29.1 Å². The molecule has 52 heavy (non-hydrogen) atoms. The van der Waals surface area contributed by atoms with Gasteiger partial charge >= 0.3 is 5.69 Å². The molecular weight excluding hydrogens is 653 g/mol. The Morgan fingerprint density at radius 1 is 0.962 bits per heavy atom. The number of piperazine rings is 1. The number of nitrogens with zero attached hydrogens (tertiary/aromatic N) is 5. The summed E-state index contributed by atoms with van der Waals surface area (Å²) in [5, 5.41) is 16.7. The van der Waals surface area contributed by atoms with Crippen LogP contribution in [0.15, 0.2) is 64.5 Å². The van der Waals surface area contributed by atoms with Crippen molar-refractivity contribution in [2.75, 3.05) is 64.4 Å². The second-order valence-corrected chi connectivity index (χ2v) is 15.8. The van der Waals surface area contributed by atoms with E-state index in [1.165, 1.54) is 16.8 Å². The zero-order valence-corrected chi connectivity index (χ0v) is 32.4. The lowest BCUT2D eigenvalue weighted by atomic mass is 9.85. The number of H-pyrrole nitrogens is 1. The van der Waals surface area contributed by atoms with E-state index in [0.29, 0.717) is 12.2 Å². The normalized spacial score (nSPS) is 13.7. The Morgan fingerprint density at radius 3 is 2.31 bits per heavy atom. The van der Waals surface area contributed by atoms with Gasteiger partial charge in [-0.1, -0.05) is 59.7 Å². The summed E-state index contributed by atoms with van der Waals surface area (Å²) in [5.41, 5.74) is 18.1. The van der Waals surface area contributed by atoms with Gasteiger partial charge in [-0.2, -0.15) is 4.98 Å². The minimum Gasteiger partial charge on any atom is -0.396 e. The van der Waals surface area contributed by atoms with Crippen molar-refractivity contribution in [2.45, 2.75) is 78.3 Å². The molecule has 12 nitrogen and oxygen atoms in total. The largest absolute Gasteiger partial charge is 0.396 e. The lowest BCUT2D eigenvalue weighted by molar-refractivity contribution is 0.244. The molecule has 8 N–H and O–H groups in total. The van der Waals surface area contributed by atoms with Crippen molar-refractivity contribution < 1.29 is 5.11 Å². The number of aromatic amines is 1. The summed E-state index contributed by atoms with van der Waals surface area (Å²) in [4.78, 5) is 28.7. The Kier molecular flexibility index (Phi) is 14.4. The van der Waals surface area contributed by atoms with E-state index < -0.39 is 0 Å². The summed E-state index contributed by atoms with van der Waals surface area (Å²) < 4.78 is 1.58. The second-order valence-electron chi connectivity index (χ2n) is 15.8. The summed E-state index contributed by atoms with van der Waals surface area (Å²) in [6.45, 7) is 21.8.